The monoisotopic (exact) mass is 415 g/mol. The lowest BCUT2D eigenvalue weighted by atomic mass is 10.0. The maximum Gasteiger partial charge on any atom is 0.165 e. The number of Topliss-reactive ketones (excluding diaryl/α,β-unsaturated/α-hetero) is 1. The highest BCUT2D eigenvalue weighted by atomic mass is 32.2. The Bertz CT molecular complexity index is 828. The molecule has 0 spiro atoms. The van der Waals surface area contributed by atoms with Gasteiger partial charge in [-0.3, -0.25) is 4.79 Å². The summed E-state index contributed by atoms with van der Waals surface area (Å²) in [4.78, 5) is 10.8. The lowest BCUT2D eigenvalue weighted by Crippen LogP contribution is -2.22. The van der Waals surface area contributed by atoms with Crippen LogP contribution in [0.2, 0.25) is 0 Å². The first-order valence-electron chi connectivity index (χ1n) is 10.9. The highest BCUT2D eigenvalue weighted by Crippen LogP contribution is 2.31. The van der Waals surface area contributed by atoms with Crippen LogP contribution in [0.4, 0.5) is 4.39 Å². The maximum atomic E-state index is 14.1. The Morgan fingerprint density at radius 3 is 2.79 bits per heavy atom. The van der Waals surface area contributed by atoms with E-state index in [1.165, 1.54) is 25.1 Å². The van der Waals surface area contributed by atoms with Crippen molar-refractivity contribution >= 4 is 15.6 Å². The molecule has 7 heteroatoms. The van der Waals surface area contributed by atoms with E-state index < -0.39 is 22.2 Å². The number of ether oxygens (including phenoxy) is 1. The van der Waals surface area contributed by atoms with E-state index in [9.17, 15) is 17.6 Å². The molecule has 1 atom stereocenters. The van der Waals surface area contributed by atoms with Gasteiger partial charge in [-0.15, -0.1) is 0 Å². The molecular formula is C21H32FNO4S. The van der Waals surface area contributed by atoms with E-state index in [2.05, 4.69) is 5.32 Å². The van der Waals surface area contributed by atoms with Crippen molar-refractivity contribution in [2.45, 2.75) is 51.9 Å². The molecule has 0 unspecified atom stereocenters. The molecule has 1 aliphatic rings. The predicted molar refractivity (Wildman–Crippen MR) is 109 cm³/mol. The van der Waals surface area contributed by atoms with Crippen LogP contribution < -0.4 is 10.1 Å². The number of nitrogens with one attached hydrogen (secondary N) is 1. The Hall–Kier alpha value is -1.47. The number of halogens is 1. The molecule has 0 saturated heterocycles. The molecule has 1 aromatic rings. The van der Waals surface area contributed by atoms with Gasteiger partial charge >= 0.3 is 0 Å². The fourth-order valence-electron chi connectivity index (χ4n) is 2.83. The summed E-state index contributed by atoms with van der Waals surface area (Å²) in [6.45, 7) is 2.37. The summed E-state index contributed by atoms with van der Waals surface area (Å²) in [5.74, 6) is -1.32. The molecule has 1 aromatic carbocycles. The number of hydrogen-bond donors (Lipinski definition) is 1. The van der Waals surface area contributed by atoms with E-state index >= 15 is 0 Å². The molecule has 0 radical (unpaired) electrons. The summed E-state index contributed by atoms with van der Waals surface area (Å²) < 4.78 is 60.1. The normalized spacial score (nSPS) is 17.0. The highest BCUT2D eigenvalue weighted by Gasteiger charge is 2.23. The van der Waals surface area contributed by atoms with Crippen LogP contribution in [0.25, 0.3) is 0 Å². The van der Waals surface area contributed by atoms with Crippen LogP contribution in [0.15, 0.2) is 18.2 Å². The Morgan fingerprint density at radius 1 is 1.36 bits per heavy atom. The van der Waals surface area contributed by atoms with Gasteiger partial charge in [0.15, 0.2) is 21.4 Å². The second kappa shape index (κ2) is 10.9. The zero-order chi connectivity index (χ0) is 22.4. The third-order valence-corrected chi connectivity index (χ3v) is 6.54. The molecule has 2 rings (SSSR count). The van der Waals surface area contributed by atoms with Gasteiger partial charge in [0.2, 0.25) is 0 Å². The topological polar surface area (TPSA) is 72.5 Å². The molecule has 1 aliphatic carbocycles. The molecule has 0 bridgehead atoms. The third-order valence-electron chi connectivity index (χ3n) is 4.62. The minimum absolute atomic E-state index is 0.0593. The Balaban J connectivity index is 1.84. The second-order valence-corrected chi connectivity index (χ2v) is 9.87. The Morgan fingerprint density at radius 2 is 2.11 bits per heavy atom. The quantitative estimate of drug-likeness (QED) is 0.471. The number of hydrogen-bond acceptors (Lipinski definition) is 5. The molecule has 1 fully saturated rings. The maximum absolute atomic E-state index is 14.1. The smallest absolute Gasteiger partial charge is 0.165 e. The lowest BCUT2D eigenvalue weighted by molar-refractivity contribution is -0.116. The van der Waals surface area contributed by atoms with E-state index in [0.717, 1.165) is 25.7 Å². The summed E-state index contributed by atoms with van der Waals surface area (Å²) in [6.07, 6.45) is 3.55. The van der Waals surface area contributed by atoms with Crippen LogP contribution >= 0.6 is 0 Å². The summed E-state index contributed by atoms with van der Waals surface area (Å²) in [7, 11) is -3.28. The van der Waals surface area contributed by atoms with Crippen LogP contribution in [0, 0.1) is 11.7 Å². The van der Waals surface area contributed by atoms with Gasteiger partial charge in [-0.2, -0.15) is 0 Å². The van der Waals surface area contributed by atoms with Crippen molar-refractivity contribution in [3.63, 3.8) is 0 Å². The van der Waals surface area contributed by atoms with Crippen molar-refractivity contribution in [3.8, 4) is 5.75 Å². The van der Waals surface area contributed by atoms with Gasteiger partial charge in [0.05, 0.1) is 27.4 Å². The van der Waals surface area contributed by atoms with Crippen LogP contribution in [0.3, 0.4) is 0 Å². The summed E-state index contributed by atoms with van der Waals surface area (Å²) in [5, 5.41) is 3.00. The number of ketones is 1. The van der Waals surface area contributed by atoms with Gasteiger partial charge in [-0.25, -0.2) is 12.8 Å². The van der Waals surface area contributed by atoms with Gasteiger partial charge in [-0.05, 0) is 68.7 Å². The van der Waals surface area contributed by atoms with Gasteiger partial charge < -0.3 is 10.1 Å². The highest BCUT2D eigenvalue weighted by molar-refractivity contribution is 7.91. The number of unbranched alkanes of at least 4 members (excludes halogenated alkanes) is 2. The fourth-order valence-corrected chi connectivity index (χ4v) is 4.59. The zero-order valence-corrected chi connectivity index (χ0v) is 17.5. The molecule has 0 amide bonds. The molecule has 0 aliphatic heterocycles. The number of carbonyl (C=O) groups is 1. The minimum atomic E-state index is -3.28. The second-order valence-electron chi connectivity index (χ2n) is 7.64. The lowest BCUT2D eigenvalue weighted by Gasteiger charge is -2.15. The SMILES string of the molecule is [2H]C([2H])(Oc1cc([C@@H](C)CS(=O)(=O)CCCCCNCC(C)=O)ccc1F)C1CC1. The Kier molecular flexibility index (Phi) is 7.72. The van der Waals surface area contributed by atoms with E-state index in [0.29, 0.717) is 25.1 Å². The first-order valence-corrected chi connectivity index (χ1v) is 11.7. The van der Waals surface area contributed by atoms with Gasteiger partial charge in [0.1, 0.15) is 5.78 Å². The summed E-state index contributed by atoms with van der Waals surface area (Å²) in [6, 6.07) is 4.14. The van der Waals surface area contributed by atoms with Crippen molar-refractivity contribution in [1.29, 1.82) is 0 Å². The van der Waals surface area contributed by atoms with Crippen molar-refractivity contribution < 1.29 is 25.1 Å². The van der Waals surface area contributed by atoms with Crippen molar-refractivity contribution in [1.82, 2.24) is 5.32 Å². The molecule has 0 heterocycles. The summed E-state index contributed by atoms with van der Waals surface area (Å²) >= 11 is 0. The van der Waals surface area contributed by atoms with E-state index in [1.54, 1.807) is 6.92 Å². The van der Waals surface area contributed by atoms with Crippen molar-refractivity contribution in [2.75, 3.05) is 31.2 Å². The molecule has 1 N–H and O–H groups in total. The number of benzene rings is 1. The molecule has 28 heavy (non-hydrogen) atoms. The number of rotatable bonds is 14. The van der Waals surface area contributed by atoms with Gasteiger partial charge in [-0.1, -0.05) is 19.4 Å². The molecular weight excluding hydrogens is 381 g/mol. The van der Waals surface area contributed by atoms with Crippen molar-refractivity contribution in [2.24, 2.45) is 5.92 Å². The number of carbonyl (C=O) groups excluding carboxylic acids is 1. The first kappa shape index (κ1) is 19.8. The average molecular weight is 416 g/mol. The summed E-state index contributed by atoms with van der Waals surface area (Å²) in [5.41, 5.74) is 0.606. The van der Waals surface area contributed by atoms with Crippen LogP contribution in [0.1, 0.15) is 60.2 Å². The third kappa shape index (κ3) is 8.69. The molecule has 5 nitrogen and oxygen atoms in total. The Labute approximate surface area is 170 Å². The molecule has 0 aromatic heterocycles. The number of sulfone groups is 1. The van der Waals surface area contributed by atoms with Crippen LogP contribution in [-0.2, 0) is 14.6 Å². The molecule has 1 saturated carbocycles. The minimum Gasteiger partial charge on any atom is -0.490 e. The predicted octanol–water partition coefficient (Wildman–Crippen LogP) is 3.48. The van der Waals surface area contributed by atoms with Crippen molar-refractivity contribution in [3.05, 3.63) is 29.6 Å². The first-order chi connectivity index (χ1) is 14.0. The average Bonchev–Trinajstić information content (AvgIpc) is 3.47. The van der Waals surface area contributed by atoms with E-state index in [1.807, 2.05) is 0 Å². The van der Waals surface area contributed by atoms with Crippen LogP contribution in [0.5, 0.6) is 5.75 Å². The molecule has 158 valence electrons. The fraction of sp³-hybridized carbons (Fsp3) is 0.667. The van der Waals surface area contributed by atoms with E-state index in [-0.39, 0.29) is 34.9 Å². The van der Waals surface area contributed by atoms with E-state index in [4.69, 9.17) is 7.48 Å². The van der Waals surface area contributed by atoms with Crippen LogP contribution in [-0.4, -0.2) is 45.4 Å². The standard InChI is InChI=1S/C21H32FNO4S/c1-16(15-28(25,26)11-5-3-4-10-23-13-17(2)24)19-8-9-20(22)21(12-19)27-14-18-6-7-18/h8-9,12,16,18,23H,3-7,10-11,13-15H2,1-2H3/t16-/m0/s1/i14D2. The van der Waals surface area contributed by atoms with Gasteiger partial charge in [0, 0.05) is 0 Å². The largest absolute Gasteiger partial charge is 0.490 e. The van der Waals surface area contributed by atoms with Gasteiger partial charge in [0.25, 0.3) is 0 Å². The zero-order valence-electron chi connectivity index (χ0n) is 18.7.